The molecule has 0 radical (unpaired) electrons. The lowest BCUT2D eigenvalue weighted by atomic mass is 9.91. The van der Waals surface area contributed by atoms with Gasteiger partial charge >= 0.3 is 5.63 Å². The molecule has 28 heavy (non-hydrogen) atoms. The zero-order valence-corrected chi connectivity index (χ0v) is 16.8. The third kappa shape index (κ3) is 3.44. The number of aromatic hydroxyl groups is 1. The summed E-state index contributed by atoms with van der Waals surface area (Å²) in [6.45, 7) is 2.07. The first-order chi connectivity index (χ1) is 13.5. The van der Waals surface area contributed by atoms with E-state index < -0.39 is 0 Å². The summed E-state index contributed by atoms with van der Waals surface area (Å²) in [6.07, 6.45) is 7.53. The van der Waals surface area contributed by atoms with Gasteiger partial charge in [0.1, 0.15) is 17.3 Å². The molecule has 5 heteroatoms. The number of hydrogen-bond donors (Lipinski definition) is 1. The summed E-state index contributed by atoms with van der Waals surface area (Å²) >= 11 is 1.70. The molecule has 2 aliphatic carbocycles. The van der Waals surface area contributed by atoms with Gasteiger partial charge in [-0.05, 0) is 68.2 Å². The fourth-order valence-corrected chi connectivity index (χ4v) is 5.40. The van der Waals surface area contributed by atoms with Gasteiger partial charge in [-0.15, -0.1) is 11.3 Å². The van der Waals surface area contributed by atoms with E-state index in [1.807, 2.05) is 12.1 Å². The molecule has 0 spiro atoms. The van der Waals surface area contributed by atoms with E-state index >= 15 is 0 Å². The van der Waals surface area contributed by atoms with Crippen molar-refractivity contribution in [2.75, 3.05) is 0 Å². The number of rotatable bonds is 7. The Hall–Kier alpha value is -2.27. The van der Waals surface area contributed by atoms with Crippen molar-refractivity contribution in [1.82, 2.24) is 0 Å². The zero-order valence-electron chi connectivity index (χ0n) is 15.9. The van der Waals surface area contributed by atoms with Crippen molar-refractivity contribution in [2.45, 2.75) is 51.4 Å². The van der Waals surface area contributed by atoms with Gasteiger partial charge in [0.25, 0.3) is 0 Å². The second-order valence-corrected chi connectivity index (χ2v) is 9.81. The molecule has 0 aliphatic heterocycles. The smallest absolute Gasteiger partial charge is 0.343 e. The van der Waals surface area contributed by atoms with Gasteiger partial charge in [-0.25, -0.2) is 4.79 Å². The molecule has 3 aromatic heterocycles. The van der Waals surface area contributed by atoms with Crippen LogP contribution in [0.3, 0.4) is 0 Å². The Morgan fingerprint density at radius 3 is 2.57 bits per heavy atom. The molecule has 0 saturated heterocycles. The first-order valence-electron chi connectivity index (χ1n) is 9.98. The fraction of sp³-hybridized carbons (Fsp3) is 0.435. The predicted molar refractivity (Wildman–Crippen MR) is 108 cm³/mol. The van der Waals surface area contributed by atoms with Gasteiger partial charge < -0.3 is 13.9 Å². The maximum Gasteiger partial charge on any atom is 0.343 e. The molecule has 0 aromatic carbocycles. The van der Waals surface area contributed by atoms with Crippen LogP contribution in [-0.2, 0) is 12.8 Å². The summed E-state index contributed by atoms with van der Waals surface area (Å²) < 4.78 is 11.2. The van der Waals surface area contributed by atoms with E-state index in [0.717, 1.165) is 42.7 Å². The second-order valence-electron chi connectivity index (χ2n) is 8.50. The summed E-state index contributed by atoms with van der Waals surface area (Å²) in [5.74, 6) is 1.99. The molecule has 1 N–H and O–H groups in total. The highest BCUT2D eigenvalue weighted by molar-refractivity contribution is 7.12. The van der Waals surface area contributed by atoms with Crippen LogP contribution >= 0.6 is 11.3 Å². The van der Waals surface area contributed by atoms with E-state index in [1.165, 1.54) is 4.88 Å². The Balaban J connectivity index is 1.43. The van der Waals surface area contributed by atoms with Gasteiger partial charge in [0.05, 0.1) is 11.8 Å². The highest BCUT2D eigenvalue weighted by Gasteiger charge is 2.44. The van der Waals surface area contributed by atoms with Crippen LogP contribution in [0.1, 0.15) is 58.4 Å². The minimum atomic E-state index is -0.383. The Labute approximate surface area is 167 Å². The number of furan rings is 1. The van der Waals surface area contributed by atoms with Crippen molar-refractivity contribution in [3.63, 3.8) is 0 Å². The Morgan fingerprint density at radius 1 is 1.21 bits per heavy atom. The molecule has 0 bridgehead atoms. The largest absolute Gasteiger partial charge is 0.507 e. The number of thiophene rings is 1. The molecular weight excluding hydrogens is 372 g/mol. The maximum atomic E-state index is 12.9. The molecule has 2 saturated carbocycles. The Bertz CT molecular complexity index is 1030. The van der Waals surface area contributed by atoms with Crippen molar-refractivity contribution in [3.8, 4) is 5.75 Å². The molecule has 146 valence electrons. The normalized spacial score (nSPS) is 18.9. The van der Waals surface area contributed by atoms with Gasteiger partial charge in [-0.2, -0.15) is 0 Å². The SMILES string of the molecule is Cc1ccc(C(c2c(O)cc(CC3(Cc4ccco4)CC3)oc2=O)C2CC2)s1. The number of aryl methyl sites for hydroxylation is 1. The first kappa shape index (κ1) is 17.8. The Kier molecular flexibility index (Phi) is 4.23. The van der Waals surface area contributed by atoms with Crippen LogP contribution < -0.4 is 5.63 Å². The summed E-state index contributed by atoms with van der Waals surface area (Å²) in [4.78, 5) is 15.3. The van der Waals surface area contributed by atoms with E-state index in [0.29, 0.717) is 23.7 Å². The summed E-state index contributed by atoms with van der Waals surface area (Å²) in [5.41, 5.74) is 0.137. The number of hydrogen-bond acceptors (Lipinski definition) is 5. The molecule has 2 aliphatic rings. The molecule has 0 amide bonds. The molecule has 1 unspecified atom stereocenters. The summed E-state index contributed by atoms with van der Waals surface area (Å²) in [5, 5.41) is 10.8. The van der Waals surface area contributed by atoms with Crippen molar-refractivity contribution < 1.29 is 13.9 Å². The topological polar surface area (TPSA) is 63.6 Å². The highest BCUT2D eigenvalue weighted by Crippen LogP contribution is 2.52. The summed E-state index contributed by atoms with van der Waals surface area (Å²) in [6, 6.07) is 9.72. The van der Waals surface area contributed by atoms with Crippen LogP contribution in [-0.4, -0.2) is 5.11 Å². The van der Waals surface area contributed by atoms with Crippen LogP contribution in [0.15, 0.2) is 50.2 Å². The van der Waals surface area contributed by atoms with Crippen molar-refractivity contribution in [3.05, 3.63) is 73.9 Å². The van der Waals surface area contributed by atoms with E-state index in [2.05, 4.69) is 19.1 Å². The van der Waals surface area contributed by atoms with E-state index in [-0.39, 0.29) is 22.7 Å². The van der Waals surface area contributed by atoms with Crippen LogP contribution in [0.25, 0.3) is 0 Å². The van der Waals surface area contributed by atoms with Crippen molar-refractivity contribution in [1.29, 1.82) is 0 Å². The van der Waals surface area contributed by atoms with Gasteiger partial charge in [0.15, 0.2) is 0 Å². The van der Waals surface area contributed by atoms with E-state index in [1.54, 1.807) is 23.7 Å². The molecule has 3 aromatic rings. The van der Waals surface area contributed by atoms with Crippen LogP contribution in [0.2, 0.25) is 0 Å². The molecule has 4 nitrogen and oxygen atoms in total. The van der Waals surface area contributed by atoms with Gasteiger partial charge in [0, 0.05) is 34.6 Å². The zero-order chi connectivity index (χ0) is 19.3. The van der Waals surface area contributed by atoms with Crippen molar-refractivity contribution in [2.24, 2.45) is 11.3 Å². The lowest BCUT2D eigenvalue weighted by Crippen LogP contribution is -2.17. The molecular formula is C23H24O4S. The molecule has 1 atom stereocenters. The summed E-state index contributed by atoms with van der Waals surface area (Å²) in [7, 11) is 0. The minimum Gasteiger partial charge on any atom is -0.507 e. The van der Waals surface area contributed by atoms with Crippen LogP contribution in [0.4, 0.5) is 0 Å². The van der Waals surface area contributed by atoms with E-state index in [9.17, 15) is 9.90 Å². The average Bonchev–Trinajstić information content (AvgIpc) is 3.51. The molecule has 5 rings (SSSR count). The second kappa shape index (κ2) is 6.66. The third-order valence-electron chi connectivity index (χ3n) is 6.13. The van der Waals surface area contributed by atoms with Gasteiger partial charge in [-0.3, -0.25) is 0 Å². The lowest BCUT2D eigenvalue weighted by molar-refractivity contribution is 0.357. The fourth-order valence-electron chi connectivity index (χ4n) is 4.32. The monoisotopic (exact) mass is 396 g/mol. The predicted octanol–water partition coefficient (Wildman–Crippen LogP) is 5.42. The average molecular weight is 397 g/mol. The maximum absolute atomic E-state index is 12.9. The molecule has 3 heterocycles. The van der Waals surface area contributed by atoms with Crippen LogP contribution in [0, 0.1) is 18.3 Å². The Morgan fingerprint density at radius 2 is 2.00 bits per heavy atom. The van der Waals surface area contributed by atoms with Crippen molar-refractivity contribution >= 4 is 11.3 Å². The van der Waals surface area contributed by atoms with Gasteiger partial charge in [-0.1, -0.05) is 0 Å². The highest BCUT2D eigenvalue weighted by atomic mass is 32.1. The van der Waals surface area contributed by atoms with Gasteiger partial charge in [0.2, 0.25) is 0 Å². The first-order valence-corrected chi connectivity index (χ1v) is 10.8. The van der Waals surface area contributed by atoms with Crippen LogP contribution in [0.5, 0.6) is 5.75 Å². The third-order valence-corrected chi connectivity index (χ3v) is 7.21. The lowest BCUT2D eigenvalue weighted by Gasteiger charge is -2.17. The standard InChI is InChI=1S/C23H24O4S/c1-14-4-7-19(28-14)20(15-5-6-15)21-18(24)11-17(27-22(21)25)13-23(8-9-23)12-16-3-2-10-26-16/h2-4,7,10-11,15,20,24H,5-6,8-9,12-13H2,1H3. The molecule has 2 fully saturated rings. The van der Waals surface area contributed by atoms with E-state index in [4.69, 9.17) is 8.83 Å². The minimum absolute atomic E-state index is 0.0537. The quantitative estimate of drug-likeness (QED) is 0.579.